The summed E-state index contributed by atoms with van der Waals surface area (Å²) in [4.78, 5) is 31.9. The highest BCUT2D eigenvalue weighted by molar-refractivity contribution is 8.65. The second-order valence-corrected chi connectivity index (χ2v) is 22.9. The van der Waals surface area contributed by atoms with Gasteiger partial charge in [0.2, 0.25) is 0 Å². The lowest BCUT2D eigenvalue weighted by molar-refractivity contribution is -0.137. The van der Waals surface area contributed by atoms with Gasteiger partial charge in [-0.1, -0.05) is 91.1 Å². The minimum Gasteiger partial charge on any atom is -0.494 e. The maximum absolute atomic E-state index is 10.8. The maximum atomic E-state index is 10.8. The molecule has 0 aliphatic rings. The molecule has 49 heavy (non-hydrogen) atoms. The van der Waals surface area contributed by atoms with Crippen molar-refractivity contribution in [1.82, 2.24) is 0 Å². The highest BCUT2D eigenvalue weighted by atomic mass is 32.7. The molecule has 1 N–H and O–H groups in total. The summed E-state index contributed by atoms with van der Waals surface area (Å²) in [5, 5.41) is 8.66. The van der Waals surface area contributed by atoms with E-state index in [-0.39, 0.29) is 20.4 Å². The molecule has 2 rings (SSSR count). The first-order chi connectivity index (χ1) is 23.4. The van der Waals surface area contributed by atoms with Crippen LogP contribution in [0.3, 0.4) is 0 Å². The third kappa shape index (κ3) is 34.5. The molecule has 3 unspecified atom stereocenters. The van der Waals surface area contributed by atoms with Crippen LogP contribution in [0.2, 0.25) is 0 Å². The van der Waals surface area contributed by atoms with Gasteiger partial charge in [-0.05, 0) is 81.2 Å². The van der Waals surface area contributed by atoms with E-state index in [0.29, 0.717) is 24.3 Å². The molecule has 0 aliphatic heterocycles. The molecule has 11 heteroatoms. The van der Waals surface area contributed by atoms with Crippen molar-refractivity contribution in [1.29, 1.82) is 0 Å². The Balaban J connectivity index is 0. The van der Waals surface area contributed by atoms with Crippen LogP contribution in [0.5, 0.6) is 11.5 Å². The van der Waals surface area contributed by atoms with Crippen molar-refractivity contribution >= 4 is 52.3 Å². The third-order valence-corrected chi connectivity index (χ3v) is 7.07. The van der Waals surface area contributed by atoms with Crippen LogP contribution in [0.4, 0.5) is 0 Å². The maximum Gasteiger partial charge on any atom is 0.330 e. The predicted molar refractivity (Wildman–Crippen MR) is 220 cm³/mol. The van der Waals surface area contributed by atoms with E-state index in [4.69, 9.17) is 19.3 Å². The molecule has 0 saturated carbocycles. The van der Waals surface area contributed by atoms with Crippen LogP contribution in [0.1, 0.15) is 131 Å². The molecule has 3 atom stereocenters. The van der Waals surface area contributed by atoms with E-state index in [9.17, 15) is 14.4 Å². The molecule has 0 radical (unpaired) electrons. The van der Waals surface area contributed by atoms with Crippen molar-refractivity contribution in [2.24, 2.45) is 0 Å². The largest absolute Gasteiger partial charge is 0.494 e. The number of carbonyl (C=O) groups is 3. The summed E-state index contributed by atoms with van der Waals surface area (Å²) in [5.74, 6) is 1.31. The number of aliphatic hydroxyl groups excluding tert-OH is 1. The van der Waals surface area contributed by atoms with Crippen molar-refractivity contribution in [3.8, 4) is 11.5 Å². The summed E-state index contributed by atoms with van der Waals surface area (Å²) < 4.78 is 16.2. The van der Waals surface area contributed by atoms with Gasteiger partial charge in [0.25, 0.3) is 0 Å². The zero-order valence-electron chi connectivity index (χ0n) is 28.8. The van der Waals surface area contributed by atoms with Crippen molar-refractivity contribution in [3.63, 3.8) is 0 Å². The quantitative estimate of drug-likeness (QED) is 0.0335. The first-order valence-electron chi connectivity index (χ1n) is 17.2. The van der Waals surface area contributed by atoms with Crippen molar-refractivity contribution in [2.75, 3.05) is 26.4 Å². The summed E-state index contributed by atoms with van der Waals surface area (Å²) in [6, 6.07) is 14.4. The lowest BCUT2D eigenvalue weighted by Crippen LogP contribution is -2.01. The first kappa shape index (κ1) is 49.4. The van der Waals surface area contributed by atoms with Crippen molar-refractivity contribution in [2.45, 2.75) is 110 Å². The average Bonchev–Trinajstić information content (AvgIpc) is 3.10. The van der Waals surface area contributed by atoms with Crippen molar-refractivity contribution < 1.29 is 33.7 Å². The monoisotopic (exact) mass is 756 g/mol. The molecular formula is C38H64O7P4. The number of aliphatic hydroxyl groups is 1. The molecule has 0 bridgehead atoms. The molecule has 0 aromatic heterocycles. The van der Waals surface area contributed by atoms with Gasteiger partial charge in [-0.25, -0.2) is 4.79 Å². The van der Waals surface area contributed by atoms with Crippen LogP contribution in [-0.2, 0) is 9.53 Å². The normalized spacial score (nSPS) is 9.98. The van der Waals surface area contributed by atoms with Gasteiger partial charge in [-0.15, -0.1) is 26.8 Å². The average molecular weight is 757 g/mol. The number of carbonyl (C=O) groups excluding carboxylic acids is 3. The summed E-state index contributed by atoms with van der Waals surface area (Å²) in [5.41, 5.74) is 1.35. The lowest BCUT2D eigenvalue weighted by atomic mass is 10.1. The second-order valence-electron chi connectivity index (χ2n) is 11.3. The number of aldehydes is 2. The Bertz CT molecular complexity index is 1050. The minimum absolute atomic E-state index is 0. The summed E-state index contributed by atoms with van der Waals surface area (Å²) >= 11 is 0. The van der Waals surface area contributed by atoms with Crippen LogP contribution >= 0.6 is 33.8 Å². The van der Waals surface area contributed by atoms with Gasteiger partial charge >= 0.3 is 5.97 Å². The van der Waals surface area contributed by atoms with Gasteiger partial charge in [0.15, 0.2) is 0 Å². The molecule has 0 aliphatic carbocycles. The fourth-order valence-electron chi connectivity index (χ4n) is 4.44. The van der Waals surface area contributed by atoms with Gasteiger partial charge in [-0.3, -0.25) is 9.59 Å². The van der Waals surface area contributed by atoms with E-state index < -0.39 is 0 Å². The number of hydrogen-bond donors (Lipinski definition) is 1. The van der Waals surface area contributed by atoms with Gasteiger partial charge in [-0.2, -0.15) is 0 Å². The number of esters is 1. The van der Waals surface area contributed by atoms with E-state index in [1.54, 1.807) is 24.3 Å². The Morgan fingerprint density at radius 2 is 0.898 bits per heavy atom. The molecular weight excluding hydrogens is 692 g/mol. The predicted octanol–water partition coefficient (Wildman–Crippen LogP) is 11.2. The SMILES string of the molecule is C.C=CC(=O)OCCCCCCCCCCOc1ccc(C=O)cc1.O=Cc1ccc(OCCCCCCCCCCO)cc1.PP(P)P. The van der Waals surface area contributed by atoms with E-state index in [2.05, 4.69) is 33.4 Å². The van der Waals surface area contributed by atoms with Gasteiger partial charge < -0.3 is 19.3 Å². The smallest absolute Gasteiger partial charge is 0.330 e. The Morgan fingerprint density at radius 3 is 1.20 bits per heavy atom. The van der Waals surface area contributed by atoms with Crippen LogP contribution < -0.4 is 9.47 Å². The zero-order chi connectivity index (χ0) is 35.5. The van der Waals surface area contributed by atoms with E-state index >= 15 is 0 Å². The fourth-order valence-corrected chi connectivity index (χ4v) is 4.44. The third-order valence-electron chi connectivity index (χ3n) is 7.07. The minimum atomic E-state index is -0.336. The van der Waals surface area contributed by atoms with Crippen molar-refractivity contribution in [3.05, 3.63) is 72.3 Å². The molecule has 2 aromatic carbocycles. The van der Waals surface area contributed by atoms with Crippen LogP contribution in [0.25, 0.3) is 0 Å². The molecule has 7 nitrogen and oxygen atoms in total. The number of hydrogen-bond acceptors (Lipinski definition) is 7. The van der Waals surface area contributed by atoms with Crippen LogP contribution in [-0.4, -0.2) is 50.1 Å². The van der Waals surface area contributed by atoms with Gasteiger partial charge in [0.1, 0.15) is 24.1 Å². The lowest BCUT2D eigenvalue weighted by Gasteiger charge is -2.06. The number of rotatable bonds is 26. The first-order valence-corrected chi connectivity index (χ1v) is 23.4. The zero-order valence-corrected chi connectivity index (χ0v) is 33.1. The fraction of sp³-hybridized carbons (Fsp3) is 0.553. The van der Waals surface area contributed by atoms with Gasteiger partial charge in [0, 0.05) is 23.8 Å². The summed E-state index contributed by atoms with van der Waals surface area (Å²) in [7, 11) is 7.94. The topological polar surface area (TPSA) is 99.1 Å². The molecule has 0 fully saturated rings. The van der Waals surface area contributed by atoms with Crippen LogP contribution in [0, 0.1) is 0 Å². The molecule has 2 aromatic rings. The molecule has 0 saturated heterocycles. The van der Waals surface area contributed by atoms with E-state index in [1.807, 2.05) is 24.3 Å². The Labute approximate surface area is 305 Å². The molecule has 0 heterocycles. The summed E-state index contributed by atoms with van der Waals surface area (Å²) in [6.07, 6.45) is 21.4. The van der Waals surface area contributed by atoms with E-state index in [0.717, 1.165) is 75.8 Å². The number of unbranched alkanes of at least 4 members (excludes halogenated alkanes) is 14. The van der Waals surface area contributed by atoms with Crippen LogP contribution in [0.15, 0.2) is 61.2 Å². The van der Waals surface area contributed by atoms with Gasteiger partial charge in [0.05, 0.1) is 19.8 Å². The molecule has 278 valence electrons. The Morgan fingerprint density at radius 1 is 0.592 bits per heavy atom. The summed E-state index contributed by atoms with van der Waals surface area (Å²) in [6.45, 7) is 5.77. The molecule has 0 amide bonds. The Hall–Kier alpha value is -1.73. The standard InChI is InChI=1S/C20H28O4.C17H26O3.CH4.H6P4/c1-2-20(22)24-16-10-8-6-4-3-5-7-9-15-23-19-13-11-18(17-21)12-14-19;18-13-7-5-3-1-2-4-6-8-14-20-17-11-9-16(15-19)10-12-17;;1-4(2)3/h2,11-14,17H,1,3-10,15-16H2;9-12,15,18H,1-8,13-14H2;1H4;1-3H2. The highest BCUT2D eigenvalue weighted by Gasteiger charge is 1.98. The second kappa shape index (κ2) is 37.5. The number of benzene rings is 2. The molecule has 0 spiro atoms. The Kier molecular flexibility index (Phi) is 37.8. The number of ether oxygens (including phenoxy) is 3. The highest BCUT2D eigenvalue weighted by Crippen LogP contribution is 2.59. The van der Waals surface area contributed by atoms with E-state index in [1.165, 1.54) is 70.3 Å².